The molecule has 2 saturated heterocycles. The van der Waals surface area contributed by atoms with Crippen LogP contribution in [0.3, 0.4) is 0 Å². The quantitative estimate of drug-likeness (QED) is 0.772. The fraction of sp³-hybridized carbons (Fsp3) is 1.00. The van der Waals surface area contributed by atoms with Crippen molar-refractivity contribution < 1.29 is 9.47 Å². The predicted molar refractivity (Wildman–Crippen MR) is 58.3 cm³/mol. The van der Waals surface area contributed by atoms with Crippen LogP contribution in [0.4, 0.5) is 0 Å². The monoisotopic (exact) mass is 217 g/mol. The first-order chi connectivity index (χ1) is 6.74. The standard InChI is InChI=1S/C10H19NO2S/c1-10(8-3-5-14-7-8)12-6-9(13-10)2-4-11/h8-9H,2-7,11H2,1H3. The van der Waals surface area contributed by atoms with Crippen molar-refractivity contribution in [2.45, 2.75) is 31.7 Å². The van der Waals surface area contributed by atoms with Crippen LogP contribution in [0.5, 0.6) is 0 Å². The van der Waals surface area contributed by atoms with Gasteiger partial charge in [-0.2, -0.15) is 11.8 Å². The Hall–Kier alpha value is 0.230. The molecular formula is C10H19NO2S. The Bertz CT molecular complexity index is 197. The van der Waals surface area contributed by atoms with E-state index in [9.17, 15) is 0 Å². The van der Waals surface area contributed by atoms with E-state index in [2.05, 4.69) is 6.92 Å². The molecule has 0 radical (unpaired) electrons. The maximum absolute atomic E-state index is 5.96. The number of ether oxygens (including phenoxy) is 2. The van der Waals surface area contributed by atoms with Crippen molar-refractivity contribution in [3.63, 3.8) is 0 Å². The van der Waals surface area contributed by atoms with Gasteiger partial charge in [0.15, 0.2) is 5.79 Å². The van der Waals surface area contributed by atoms with Gasteiger partial charge in [0.1, 0.15) is 0 Å². The maximum atomic E-state index is 5.96. The Morgan fingerprint density at radius 3 is 3.07 bits per heavy atom. The summed E-state index contributed by atoms with van der Waals surface area (Å²) in [6.07, 6.45) is 2.35. The summed E-state index contributed by atoms with van der Waals surface area (Å²) in [7, 11) is 0. The van der Waals surface area contributed by atoms with Crippen LogP contribution in [0.25, 0.3) is 0 Å². The number of hydrogen-bond donors (Lipinski definition) is 1. The number of rotatable bonds is 3. The molecule has 0 spiro atoms. The molecule has 0 bridgehead atoms. The molecule has 4 heteroatoms. The van der Waals surface area contributed by atoms with Gasteiger partial charge in [-0.1, -0.05) is 0 Å². The van der Waals surface area contributed by atoms with Crippen LogP contribution in [0.15, 0.2) is 0 Å². The van der Waals surface area contributed by atoms with Gasteiger partial charge in [-0.05, 0) is 32.1 Å². The normalized spacial score (nSPS) is 43.3. The second kappa shape index (κ2) is 4.39. The van der Waals surface area contributed by atoms with Crippen molar-refractivity contribution in [2.24, 2.45) is 11.7 Å². The second-order valence-corrected chi connectivity index (χ2v) is 5.35. The minimum Gasteiger partial charge on any atom is -0.347 e. The van der Waals surface area contributed by atoms with E-state index in [0.717, 1.165) is 13.0 Å². The molecule has 0 saturated carbocycles. The van der Waals surface area contributed by atoms with Gasteiger partial charge in [0.2, 0.25) is 0 Å². The summed E-state index contributed by atoms with van der Waals surface area (Å²) in [5.41, 5.74) is 5.51. The second-order valence-electron chi connectivity index (χ2n) is 4.20. The zero-order chi connectivity index (χ0) is 10.0. The van der Waals surface area contributed by atoms with Crippen molar-refractivity contribution in [3.05, 3.63) is 0 Å². The Labute approximate surface area is 89.7 Å². The van der Waals surface area contributed by atoms with Crippen LogP contribution in [-0.4, -0.2) is 36.5 Å². The third-order valence-corrected chi connectivity index (χ3v) is 4.28. The number of nitrogens with two attached hydrogens (primary N) is 1. The molecule has 3 nitrogen and oxygen atoms in total. The molecule has 0 aromatic rings. The average molecular weight is 217 g/mol. The summed E-state index contributed by atoms with van der Waals surface area (Å²) < 4.78 is 11.8. The summed E-state index contributed by atoms with van der Waals surface area (Å²) >= 11 is 2.00. The van der Waals surface area contributed by atoms with Gasteiger partial charge < -0.3 is 15.2 Å². The fourth-order valence-electron chi connectivity index (χ4n) is 2.15. The molecule has 2 fully saturated rings. The molecule has 2 heterocycles. The smallest absolute Gasteiger partial charge is 0.169 e. The Morgan fingerprint density at radius 1 is 1.57 bits per heavy atom. The van der Waals surface area contributed by atoms with E-state index in [1.165, 1.54) is 17.9 Å². The molecule has 82 valence electrons. The highest BCUT2D eigenvalue weighted by Crippen LogP contribution is 2.39. The molecule has 14 heavy (non-hydrogen) atoms. The predicted octanol–water partition coefficient (Wildman–Crippen LogP) is 1.22. The van der Waals surface area contributed by atoms with E-state index in [1.54, 1.807) is 0 Å². The van der Waals surface area contributed by atoms with Gasteiger partial charge in [-0.15, -0.1) is 0 Å². The molecule has 2 aliphatic heterocycles. The van der Waals surface area contributed by atoms with E-state index >= 15 is 0 Å². The van der Waals surface area contributed by atoms with Gasteiger partial charge in [0.05, 0.1) is 12.7 Å². The van der Waals surface area contributed by atoms with E-state index < -0.39 is 0 Å². The van der Waals surface area contributed by atoms with Crippen molar-refractivity contribution in [2.75, 3.05) is 24.7 Å². The molecule has 0 aromatic carbocycles. The highest BCUT2D eigenvalue weighted by molar-refractivity contribution is 7.99. The van der Waals surface area contributed by atoms with Gasteiger partial charge in [0.25, 0.3) is 0 Å². The summed E-state index contributed by atoms with van der Waals surface area (Å²) in [4.78, 5) is 0. The van der Waals surface area contributed by atoms with E-state index in [4.69, 9.17) is 15.2 Å². The third-order valence-electron chi connectivity index (χ3n) is 3.12. The SMILES string of the molecule is CC1(C2CCSC2)OCC(CCN)O1. The topological polar surface area (TPSA) is 44.5 Å². The molecule has 3 atom stereocenters. The van der Waals surface area contributed by atoms with Crippen molar-refractivity contribution >= 4 is 11.8 Å². The van der Waals surface area contributed by atoms with Crippen LogP contribution < -0.4 is 5.73 Å². The molecule has 2 rings (SSSR count). The summed E-state index contributed by atoms with van der Waals surface area (Å²) in [5.74, 6) is 2.65. The maximum Gasteiger partial charge on any atom is 0.169 e. The summed E-state index contributed by atoms with van der Waals surface area (Å²) in [6.45, 7) is 3.48. The first kappa shape index (κ1) is 10.7. The third kappa shape index (κ3) is 2.08. The zero-order valence-corrected chi connectivity index (χ0v) is 9.52. The zero-order valence-electron chi connectivity index (χ0n) is 8.70. The summed E-state index contributed by atoms with van der Waals surface area (Å²) in [6, 6.07) is 0. The molecule has 2 aliphatic rings. The van der Waals surface area contributed by atoms with Crippen molar-refractivity contribution in [1.82, 2.24) is 0 Å². The lowest BCUT2D eigenvalue weighted by Gasteiger charge is -2.29. The van der Waals surface area contributed by atoms with Gasteiger partial charge >= 0.3 is 0 Å². The molecule has 0 amide bonds. The van der Waals surface area contributed by atoms with E-state index in [0.29, 0.717) is 12.5 Å². The minimum atomic E-state index is -0.330. The average Bonchev–Trinajstić information content (AvgIpc) is 2.75. The fourth-order valence-corrected chi connectivity index (χ4v) is 3.52. The number of thioether (sulfide) groups is 1. The van der Waals surface area contributed by atoms with Crippen LogP contribution in [0.2, 0.25) is 0 Å². The summed E-state index contributed by atoms with van der Waals surface area (Å²) in [5, 5.41) is 0. The van der Waals surface area contributed by atoms with E-state index in [-0.39, 0.29) is 11.9 Å². The largest absolute Gasteiger partial charge is 0.347 e. The van der Waals surface area contributed by atoms with Crippen molar-refractivity contribution in [1.29, 1.82) is 0 Å². The lowest BCUT2D eigenvalue weighted by atomic mass is 10.00. The molecule has 3 unspecified atom stereocenters. The molecular weight excluding hydrogens is 198 g/mol. The van der Waals surface area contributed by atoms with Crippen LogP contribution in [0, 0.1) is 5.92 Å². The first-order valence-corrected chi connectivity index (χ1v) is 6.49. The van der Waals surface area contributed by atoms with Gasteiger partial charge in [-0.25, -0.2) is 0 Å². The highest BCUT2D eigenvalue weighted by atomic mass is 32.2. The Kier molecular flexibility index (Phi) is 3.37. The van der Waals surface area contributed by atoms with Crippen molar-refractivity contribution in [3.8, 4) is 0 Å². The molecule has 0 aliphatic carbocycles. The van der Waals surface area contributed by atoms with Crippen LogP contribution >= 0.6 is 11.8 Å². The highest BCUT2D eigenvalue weighted by Gasteiger charge is 2.44. The number of hydrogen-bond acceptors (Lipinski definition) is 4. The Balaban J connectivity index is 1.90. The van der Waals surface area contributed by atoms with Gasteiger partial charge in [0, 0.05) is 11.7 Å². The first-order valence-electron chi connectivity index (χ1n) is 5.34. The van der Waals surface area contributed by atoms with E-state index in [1.807, 2.05) is 11.8 Å². The Morgan fingerprint density at radius 2 is 2.43 bits per heavy atom. The van der Waals surface area contributed by atoms with Crippen LogP contribution in [0.1, 0.15) is 19.8 Å². The van der Waals surface area contributed by atoms with Gasteiger partial charge in [-0.3, -0.25) is 0 Å². The minimum absolute atomic E-state index is 0.218. The molecule has 0 aromatic heterocycles. The van der Waals surface area contributed by atoms with Crippen LogP contribution in [-0.2, 0) is 9.47 Å². The lowest BCUT2D eigenvalue weighted by molar-refractivity contribution is -0.185. The lowest BCUT2D eigenvalue weighted by Crippen LogP contribution is -2.36. The molecule has 2 N–H and O–H groups in total.